The Labute approximate surface area is 121 Å². The van der Waals surface area contributed by atoms with Crippen LogP contribution in [-0.2, 0) is 4.79 Å². The van der Waals surface area contributed by atoms with Crippen molar-refractivity contribution in [3.63, 3.8) is 0 Å². The summed E-state index contributed by atoms with van der Waals surface area (Å²) in [5.74, 6) is 1.46. The van der Waals surface area contributed by atoms with Crippen LogP contribution in [0.15, 0.2) is 12.1 Å². The molecule has 20 heavy (non-hydrogen) atoms. The predicted molar refractivity (Wildman–Crippen MR) is 81.6 cm³/mol. The standard InChI is InChI=1S/C14H19NO3.C2H6/c1-9-10(15-13(16)14(2,3)4)5-6-11-12(9)18-8-7-17-11;1-2/h5-6H,7-8H2,1-4H3,(H,15,16);1-2H3. The van der Waals surface area contributed by atoms with E-state index in [4.69, 9.17) is 9.47 Å². The van der Waals surface area contributed by atoms with Crippen molar-refractivity contribution < 1.29 is 14.3 Å². The minimum atomic E-state index is -0.417. The average Bonchev–Trinajstić information content (AvgIpc) is 2.43. The molecule has 1 amide bonds. The van der Waals surface area contributed by atoms with E-state index in [1.165, 1.54) is 0 Å². The summed E-state index contributed by atoms with van der Waals surface area (Å²) in [6.07, 6.45) is 0. The molecule has 2 rings (SSSR count). The van der Waals surface area contributed by atoms with E-state index >= 15 is 0 Å². The summed E-state index contributed by atoms with van der Waals surface area (Å²) in [4.78, 5) is 12.0. The Balaban J connectivity index is 0.000000956. The van der Waals surface area contributed by atoms with Crippen LogP contribution in [0.1, 0.15) is 40.2 Å². The SMILES string of the molecule is CC.Cc1c(NC(=O)C(C)(C)C)ccc2c1OCCO2. The molecule has 0 atom stereocenters. The minimum absolute atomic E-state index is 0.0118. The molecular formula is C16H25NO3. The molecule has 1 heterocycles. The fourth-order valence-corrected chi connectivity index (χ4v) is 1.70. The molecule has 0 saturated heterocycles. The molecule has 1 N–H and O–H groups in total. The van der Waals surface area contributed by atoms with Crippen LogP contribution in [0.2, 0.25) is 0 Å². The maximum atomic E-state index is 12.0. The molecule has 1 aromatic rings. The summed E-state index contributed by atoms with van der Waals surface area (Å²) in [6, 6.07) is 3.69. The molecule has 0 aliphatic carbocycles. The number of benzene rings is 1. The monoisotopic (exact) mass is 279 g/mol. The molecule has 0 saturated carbocycles. The van der Waals surface area contributed by atoms with Crippen LogP contribution in [0.4, 0.5) is 5.69 Å². The third-order valence-corrected chi connectivity index (χ3v) is 2.89. The van der Waals surface area contributed by atoms with Crippen molar-refractivity contribution in [1.82, 2.24) is 0 Å². The highest BCUT2D eigenvalue weighted by Crippen LogP contribution is 2.37. The summed E-state index contributed by atoms with van der Waals surface area (Å²) < 4.78 is 11.1. The van der Waals surface area contributed by atoms with E-state index in [0.717, 1.165) is 22.7 Å². The largest absolute Gasteiger partial charge is 0.486 e. The van der Waals surface area contributed by atoms with Crippen LogP contribution >= 0.6 is 0 Å². The van der Waals surface area contributed by atoms with Gasteiger partial charge in [0.15, 0.2) is 11.5 Å². The van der Waals surface area contributed by atoms with Crippen LogP contribution in [0, 0.1) is 12.3 Å². The zero-order chi connectivity index (χ0) is 15.3. The summed E-state index contributed by atoms with van der Waals surface area (Å²) >= 11 is 0. The first-order valence-electron chi connectivity index (χ1n) is 7.10. The van der Waals surface area contributed by atoms with E-state index in [1.807, 2.05) is 53.7 Å². The van der Waals surface area contributed by atoms with E-state index < -0.39 is 5.41 Å². The van der Waals surface area contributed by atoms with Crippen LogP contribution in [0.5, 0.6) is 11.5 Å². The molecule has 0 spiro atoms. The molecule has 0 radical (unpaired) electrons. The Kier molecular flexibility index (Phi) is 5.43. The van der Waals surface area contributed by atoms with Crippen LogP contribution in [0.3, 0.4) is 0 Å². The lowest BCUT2D eigenvalue weighted by atomic mass is 9.95. The Morgan fingerprint density at radius 1 is 1.15 bits per heavy atom. The zero-order valence-corrected chi connectivity index (χ0v) is 13.3. The Morgan fingerprint density at radius 2 is 1.75 bits per heavy atom. The second kappa shape index (κ2) is 6.64. The van der Waals surface area contributed by atoms with Gasteiger partial charge < -0.3 is 14.8 Å². The van der Waals surface area contributed by atoms with E-state index in [9.17, 15) is 4.79 Å². The van der Waals surface area contributed by atoms with E-state index in [0.29, 0.717) is 13.2 Å². The second-order valence-corrected chi connectivity index (χ2v) is 5.47. The molecule has 0 fully saturated rings. The molecule has 4 nitrogen and oxygen atoms in total. The number of nitrogens with one attached hydrogen (secondary N) is 1. The van der Waals surface area contributed by atoms with Crippen molar-refractivity contribution in [2.75, 3.05) is 18.5 Å². The number of carbonyl (C=O) groups excluding carboxylic acids is 1. The zero-order valence-electron chi connectivity index (χ0n) is 13.3. The molecule has 0 unspecified atom stereocenters. The Bertz CT molecular complexity index is 475. The molecule has 4 heteroatoms. The topological polar surface area (TPSA) is 47.6 Å². The average molecular weight is 279 g/mol. The van der Waals surface area contributed by atoms with Crippen molar-refractivity contribution >= 4 is 11.6 Å². The van der Waals surface area contributed by atoms with Crippen LogP contribution in [0.25, 0.3) is 0 Å². The summed E-state index contributed by atoms with van der Waals surface area (Å²) in [7, 11) is 0. The number of ether oxygens (including phenoxy) is 2. The van der Waals surface area contributed by atoms with Gasteiger partial charge in [0.25, 0.3) is 0 Å². The van der Waals surface area contributed by atoms with Crippen LogP contribution < -0.4 is 14.8 Å². The lowest BCUT2D eigenvalue weighted by molar-refractivity contribution is -0.123. The first-order valence-corrected chi connectivity index (χ1v) is 7.10. The van der Waals surface area contributed by atoms with Crippen molar-refractivity contribution in [2.24, 2.45) is 5.41 Å². The Hall–Kier alpha value is -1.71. The predicted octanol–water partition coefficient (Wildman–Crippen LogP) is 3.78. The van der Waals surface area contributed by atoms with Gasteiger partial charge in [-0.1, -0.05) is 34.6 Å². The molecule has 112 valence electrons. The van der Waals surface area contributed by atoms with E-state index in [2.05, 4.69) is 5.32 Å². The minimum Gasteiger partial charge on any atom is -0.486 e. The fraction of sp³-hybridized carbons (Fsp3) is 0.562. The number of anilines is 1. The normalized spacial score (nSPS) is 13.1. The number of hydrogen-bond donors (Lipinski definition) is 1. The van der Waals surface area contributed by atoms with Gasteiger partial charge in [0.05, 0.1) is 0 Å². The third kappa shape index (κ3) is 3.65. The maximum absolute atomic E-state index is 12.0. The first-order chi connectivity index (χ1) is 9.39. The number of rotatable bonds is 1. The van der Waals surface area contributed by atoms with Gasteiger partial charge >= 0.3 is 0 Å². The van der Waals surface area contributed by atoms with Gasteiger partial charge in [-0.2, -0.15) is 0 Å². The fourth-order valence-electron chi connectivity index (χ4n) is 1.70. The molecule has 1 aliphatic heterocycles. The molecular weight excluding hydrogens is 254 g/mol. The highest BCUT2D eigenvalue weighted by Gasteiger charge is 2.23. The quantitative estimate of drug-likeness (QED) is 0.851. The van der Waals surface area contributed by atoms with Crippen molar-refractivity contribution in [3.05, 3.63) is 17.7 Å². The second-order valence-electron chi connectivity index (χ2n) is 5.47. The molecule has 1 aliphatic rings. The van der Waals surface area contributed by atoms with Gasteiger partial charge in [0, 0.05) is 16.7 Å². The number of amides is 1. The lowest BCUT2D eigenvalue weighted by Crippen LogP contribution is -2.28. The van der Waals surface area contributed by atoms with Gasteiger partial charge in [-0.15, -0.1) is 0 Å². The molecule has 0 bridgehead atoms. The molecule has 0 aromatic heterocycles. The van der Waals surface area contributed by atoms with Gasteiger partial charge in [-0.25, -0.2) is 0 Å². The highest BCUT2D eigenvalue weighted by atomic mass is 16.6. The van der Waals surface area contributed by atoms with Crippen molar-refractivity contribution in [3.8, 4) is 11.5 Å². The smallest absolute Gasteiger partial charge is 0.229 e. The lowest BCUT2D eigenvalue weighted by Gasteiger charge is -2.23. The van der Waals surface area contributed by atoms with Gasteiger partial charge in [-0.05, 0) is 19.1 Å². The van der Waals surface area contributed by atoms with Crippen molar-refractivity contribution in [2.45, 2.75) is 41.5 Å². The number of carbonyl (C=O) groups is 1. The Morgan fingerprint density at radius 3 is 2.35 bits per heavy atom. The maximum Gasteiger partial charge on any atom is 0.229 e. The first kappa shape index (κ1) is 16.3. The summed E-state index contributed by atoms with van der Waals surface area (Å²) in [6.45, 7) is 12.7. The van der Waals surface area contributed by atoms with Crippen molar-refractivity contribution in [1.29, 1.82) is 0 Å². The van der Waals surface area contributed by atoms with E-state index in [1.54, 1.807) is 0 Å². The summed E-state index contributed by atoms with van der Waals surface area (Å²) in [5, 5.41) is 2.93. The molecule has 1 aromatic carbocycles. The van der Waals surface area contributed by atoms with Crippen LogP contribution in [-0.4, -0.2) is 19.1 Å². The summed E-state index contributed by atoms with van der Waals surface area (Å²) in [5.41, 5.74) is 1.27. The van der Waals surface area contributed by atoms with E-state index in [-0.39, 0.29) is 5.91 Å². The number of hydrogen-bond acceptors (Lipinski definition) is 3. The highest BCUT2D eigenvalue weighted by molar-refractivity contribution is 5.95. The third-order valence-electron chi connectivity index (χ3n) is 2.89. The van der Waals surface area contributed by atoms with Gasteiger partial charge in [0.2, 0.25) is 5.91 Å². The number of fused-ring (bicyclic) bond motifs is 1. The van der Waals surface area contributed by atoms with Gasteiger partial charge in [0.1, 0.15) is 13.2 Å². The van der Waals surface area contributed by atoms with Gasteiger partial charge in [-0.3, -0.25) is 4.79 Å².